The van der Waals surface area contributed by atoms with E-state index in [1.165, 1.54) is 6.07 Å². The molecule has 2 aromatic heterocycles. The van der Waals surface area contributed by atoms with Crippen LogP contribution in [0.5, 0.6) is 0 Å². The maximum absolute atomic E-state index is 13.6. The third-order valence-electron chi connectivity index (χ3n) is 2.93. The van der Waals surface area contributed by atoms with Crippen molar-refractivity contribution in [3.05, 3.63) is 63.5 Å². The highest BCUT2D eigenvalue weighted by molar-refractivity contribution is 9.10. The zero-order chi connectivity index (χ0) is 15.0. The smallest absolute Gasteiger partial charge is 0.149 e. The summed E-state index contributed by atoms with van der Waals surface area (Å²) < 4.78 is 28.8. The van der Waals surface area contributed by atoms with E-state index in [-0.39, 0.29) is 10.2 Å². The van der Waals surface area contributed by atoms with Crippen LogP contribution in [0.4, 0.5) is 14.5 Å². The summed E-state index contributed by atoms with van der Waals surface area (Å²) in [5.74, 6) is -1.29. The monoisotopic (exact) mass is 371 g/mol. The number of pyridine rings is 1. The molecule has 0 bridgehead atoms. The lowest BCUT2D eigenvalue weighted by Crippen LogP contribution is -2.02. The predicted octanol–water partition coefficient (Wildman–Crippen LogP) is 4.64. The third-order valence-corrected chi connectivity index (χ3v) is 3.77. The second-order valence-corrected chi connectivity index (χ2v) is 5.74. The summed E-state index contributed by atoms with van der Waals surface area (Å²) in [7, 11) is 0. The Morgan fingerprint density at radius 2 is 2.00 bits per heavy atom. The van der Waals surface area contributed by atoms with Crippen molar-refractivity contribution in [3.63, 3.8) is 0 Å². The highest BCUT2D eigenvalue weighted by atomic mass is 79.9. The molecule has 0 aliphatic carbocycles. The summed E-state index contributed by atoms with van der Waals surface area (Å²) in [6.07, 6.45) is 3.53. The highest BCUT2D eigenvalue weighted by Crippen LogP contribution is 2.24. The standard InChI is InChI=1S/C14H9BrClF2N3/c15-10-3-13(12(18)4-11(10)17)19-5-9-7-21-6-8(16)1-2-14(21)20-9/h1-4,6-7,19H,5H2. The molecule has 0 amide bonds. The maximum atomic E-state index is 13.6. The number of nitrogens with zero attached hydrogens (tertiary/aromatic N) is 2. The van der Waals surface area contributed by atoms with Gasteiger partial charge in [-0.15, -0.1) is 0 Å². The normalized spacial score (nSPS) is 11.0. The first-order valence-electron chi connectivity index (χ1n) is 6.04. The molecule has 0 aliphatic heterocycles. The van der Waals surface area contributed by atoms with E-state index >= 15 is 0 Å². The van der Waals surface area contributed by atoms with E-state index in [9.17, 15) is 8.78 Å². The number of imidazole rings is 1. The lowest BCUT2D eigenvalue weighted by Gasteiger charge is -2.07. The van der Waals surface area contributed by atoms with Gasteiger partial charge in [-0.2, -0.15) is 0 Å². The summed E-state index contributed by atoms with van der Waals surface area (Å²) in [6, 6.07) is 5.73. The van der Waals surface area contributed by atoms with Crippen molar-refractivity contribution >= 4 is 38.9 Å². The number of halogens is 4. The SMILES string of the molecule is Fc1cc(F)c(NCc2cn3cc(Cl)ccc3n2)cc1Br. The van der Waals surface area contributed by atoms with Crippen molar-refractivity contribution in [1.29, 1.82) is 0 Å². The topological polar surface area (TPSA) is 29.3 Å². The third kappa shape index (κ3) is 3.01. The number of hydrogen-bond acceptors (Lipinski definition) is 2. The van der Waals surface area contributed by atoms with Crippen molar-refractivity contribution in [2.75, 3.05) is 5.32 Å². The van der Waals surface area contributed by atoms with Crippen molar-refractivity contribution in [2.24, 2.45) is 0 Å². The molecule has 0 saturated heterocycles. The number of hydrogen-bond donors (Lipinski definition) is 1. The molecule has 0 saturated carbocycles. The number of fused-ring (bicyclic) bond motifs is 1. The molecule has 108 valence electrons. The van der Waals surface area contributed by atoms with Gasteiger partial charge in [0.25, 0.3) is 0 Å². The van der Waals surface area contributed by atoms with Gasteiger partial charge in [-0.3, -0.25) is 0 Å². The van der Waals surface area contributed by atoms with E-state index in [0.29, 0.717) is 11.6 Å². The molecule has 1 aromatic carbocycles. The van der Waals surface area contributed by atoms with Crippen molar-refractivity contribution in [1.82, 2.24) is 9.38 Å². The Hall–Kier alpha value is -1.66. The fraction of sp³-hybridized carbons (Fsp3) is 0.0714. The number of aromatic nitrogens is 2. The van der Waals surface area contributed by atoms with E-state index in [0.717, 1.165) is 17.4 Å². The number of rotatable bonds is 3. The second-order valence-electron chi connectivity index (χ2n) is 4.44. The van der Waals surface area contributed by atoms with Crippen LogP contribution in [0.25, 0.3) is 5.65 Å². The second kappa shape index (κ2) is 5.61. The Balaban J connectivity index is 1.81. The fourth-order valence-electron chi connectivity index (χ4n) is 1.95. The van der Waals surface area contributed by atoms with Crippen molar-refractivity contribution in [2.45, 2.75) is 6.54 Å². The van der Waals surface area contributed by atoms with Gasteiger partial charge in [0.2, 0.25) is 0 Å². The number of anilines is 1. The van der Waals surface area contributed by atoms with Gasteiger partial charge in [-0.25, -0.2) is 13.8 Å². The molecule has 21 heavy (non-hydrogen) atoms. The number of benzene rings is 1. The van der Waals surface area contributed by atoms with Crippen LogP contribution in [-0.4, -0.2) is 9.38 Å². The van der Waals surface area contributed by atoms with Gasteiger partial charge in [0, 0.05) is 18.5 Å². The molecular formula is C14H9BrClF2N3. The Kier molecular flexibility index (Phi) is 3.82. The Labute approximate surface area is 132 Å². The molecule has 0 aliphatic rings. The molecule has 1 N–H and O–H groups in total. The lowest BCUT2D eigenvalue weighted by molar-refractivity contribution is 0.580. The molecule has 0 spiro atoms. The van der Waals surface area contributed by atoms with E-state index in [4.69, 9.17) is 11.6 Å². The Morgan fingerprint density at radius 3 is 2.81 bits per heavy atom. The molecule has 3 aromatic rings. The largest absolute Gasteiger partial charge is 0.377 e. The van der Waals surface area contributed by atoms with Gasteiger partial charge >= 0.3 is 0 Å². The molecule has 3 rings (SSSR count). The minimum absolute atomic E-state index is 0.202. The van der Waals surface area contributed by atoms with Crippen molar-refractivity contribution < 1.29 is 8.78 Å². The maximum Gasteiger partial charge on any atom is 0.149 e. The van der Waals surface area contributed by atoms with E-state index in [2.05, 4.69) is 26.2 Å². The summed E-state index contributed by atoms with van der Waals surface area (Å²) >= 11 is 8.93. The summed E-state index contributed by atoms with van der Waals surface area (Å²) in [5, 5.41) is 3.50. The van der Waals surface area contributed by atoms with Crippen molar-refractivity contribution in [3.8, 4) is 0 Å². The van der Waals surface area contributed by atoms with E-state index < -0.39 is 11.6 Å². The van der Waals surface area contributed by atoms with Crippen LogP contribution >= 0.6 is 27.5 Å². The van der Waals surface area contributed by atoms with Crippen LogP contribution < -0.4 is 5.32 Å². The van der Waals surface area contributed by atoms with Gasteiger partial charge in [-0.1, -0.05) is 11.6 Å². The first-order chi connectivity index (χ1) is 10.0. The van der Waals surface area contributed by atoms with Gasteiger partial charge in [-0.05, 0) is 34.1 Å². The summed E-state index contributed by atoms with van der Waals surface area (Å²) in [5.41, 5.74) is 1.67. The van der Waals surface area contributed by atoms with E-state index in [1.807, 2.05) is 0 Å². The quantitative estimate of drug-likeness (QED) is 0.679. The summed E-state index contributed by atoms with van der Waals surface area (Å²) in [6.45, 7) is 0.314. The molecule has 0 unspecified atom stereocenters. The van der Waals surface area contributed by atoms with Crippen LogP contribution in [-0.2, 0) is 6.54 Å². The first-order valence-corrected chi connectivity index (χ1v) is 7.21. The molecule has 0 atom stereocenters. The molecule has 0 radical (unpaired) electrons. The molecule has 7 heteroatoms. The molecule has 3 nitrogen and oxygen atoms in total. The predicted molar refractivity (Wildman–Crippen MR) is 81.6 cm³/mol. The fourth-order valence-corrected chi connectivity index (χ4v) is 2.46. The van der Waals surface area contributed by atoms with Crippen LogP contribution in [0.3, 0.4) is 0 Å². The molecule has 2 heterocycles. The van der Waals surface area contributed by atoms with E-state index in [1.54, 1.807) is 28.9 Å². The number of nitrogens with one attached hydrogen (secondary N) is 1. The van der Waals surface area contributed by atoms with Gasteiger partial charge in [0.15, 0.2) is 0 Å². The van der Waals surface area contributed by atoms with Crippen LogP contribution in [0.2, 0.25) is 5.02 Å². The summed E-state index contributed by atoms with van der Waals surface area (Å²) in [4.78, 5) is 4.37. The van der Waals surface area contributed by atoms with Crippen LogP contribution in [0, 0.1) is 11.6 Å². The lowest BCUT2D eigenvalue weighted by atomic mass is 10.3. The zero-order valence-corrected chi connectivity index (χ0v) is 12.9. The van der Waals surface area contributed by atoms with Gasteiger partial charge in [0.1, 0.15) is 17.3 Å². The van der Waals surface area contributed by atoms with Gasteiger partial charge in [0.05, 0.1) is 27.4 Å². The molecular weight excluding hydrogens is 364 g/mol. The zero-order valence-electron chi connectivity index (χ0n) is 10.6. The molecule has 0 fully saturated rings. The minimum Gasteiger partial charge on any atom is -0.377 e. The average Bonchev–Trinajstić information content (AvgIpc) is 2.83. The first kappa shape index (κ1) is 14.3. The highest BCUT2D eigenvalue weighted by Gasteiger charge is 2.09. The van der Waals surface area contributed by atoms with Crippen LogP contribution in [0.15, 0.2) is 41.1 Å². The van der Waals surface area contributed by atoms with Gasteiger partial charge < -0.3 is 9.72 Å². The minimum atomic E-state index is -0.650. The van der Waals surface area contributed by atoms with Crippen LogP contribution in [0.1, 0.15) is 5.69 Å². The Bertz CT molecular complexity index is 819. The Morgan fingerprint density at radius 1 is 1.19 bits per heavy atom. The average molecular weight is 373 g/mol.